The molecule has 0 N–H and O–H groups in total. The quantitative estimate of drug-likeness (QED) is 0.384. The lowest BCUT2D eigenvalue weighted by atomic mass is 10.1. The summed E-state index contributed by atoms with van der Waals surface area (Å²) in [5, 5.41) is 0.487. The highest BCUT2D eigenvalue weighted by Gasteiger charge is 2.34. The van der Waals surface area contributed by atoms with Crippen LogP contribution in [0.2, 0.25) is 5.02 Å². The van der Waals surface area contributed by atoms with Crippen molar-refractivity contribution < 1.29 is 13.2 Å². The minimum absolute atomic E-state index is 0.0237. The number of halogens is 4. The maximum absolute atomic E-state index is 13.5. The Balaban J connectivity index is 1.85. The van der Waals surface area contributed by atoms with Gasteiger partial charge in [-0.15, -0.1) is 0 Å². The third-order valence-electron chi connectivity index (χ3n) is 4.24. The normalized spacial score (nSPS) is 11.4. The number of benzene rings is 2. The summed E-state index contributed by atoms with van der Waals surface area (Å²) in [7, 11) is 0. The molecule has 0 radical (unpaired) electrons. The molecule has 29 heavy (non-hydrogen) atoms. The van der Waals surface area contributed by atoms with Gasteiger partial charge >= 0.3 is 6.18 Å². The molecule has 0 atom stereocenters. The fraction of sp³-hybridized carbons (Fsp3) is 0.0455. The van der Waals surface area contributed by atoms with Crippen LogP contribution in [0.5, 0.6) is 0 Å². The Morgan fingerprint density at radius 3 is 2.07 bits per heavy atom. The van der Waals surface area contributed by atoms with Gasteiger partial charge in [-0.2, -0.15) is 13.2 Å². The molecule has 0 fully saturated rings. The Morgan fingerprint density at radius 1 is 0.690 bits per heavy atom. The highest BCUT2D eigenvalue weighted by molar-refractivity contribution is 6.30. The molecule has 2 heterocycles. The Hall–Kier alpha value is -3.25. The van der Waals surface area contributed by atoms with Crippen molar-refractivity contribution in [3.8, 4) is 33.9 Å². The van der Waals surface area contributed by atoms with Crippen LogP contribution in [0.25, 0.3) is 33.9 Å². The van der Waals surface area contributed by atoms with Crippen LogP contribution >= 0.6 is 11.6 Å². The molecule has 3 nitrogen and oxygen atoms in total. The molecular weight excluding hydrogens is 399 g/mol. The average Bonchev–Trinajstić information content (AvgIpc) is 2.74. The largest absolute Gasteiger partial charge is 0.433 e. The summed E-state index contributed by atoms with van der Waals surface area (Å²) < 4.78 is 40.4. The van der Waals surface area contributed by atoms with E-state index >= 15 is 0 Å². The monoisotopic (exact) mass is 411 g/mol. The lowest BCUT2D eigenvalue weighted by Crippen LogP contribution is -2.10. The number of pyridine rings is 1. The van der Waals surface area contributed by atoms with Crippen LogP contribution in [0.4, 0.5) is 13.2 Å². The van der Waals surface area contributed by atoms with Crippen molar-refractivity contribution in [1.29, 1.82) is 0 Å². The molecule has 0 saturated carbocycles. The molecule has 2 aromatic carbocycles. The van der Waals surface area contributed by atoms with E-state index < -0.39 is 11.9 Å². The van der Waals surface area contributed by atoms with Gasteiger partial charge in [-0.05, 0) is 30.3 Å². The molecule has 0 bridgehead atoms. The van der Waals surface area contributed by atoms with Gasteiger partial charge in [-0.25, -0.2) is 9.97 Å². The van der Waals surface area contributed by atoms with E-state index in [1.54, 1.807) is 36.4 Å². The summed E-state index contributed by atoms with van der Waals surface area (Å²) in [6.45, 7) is 0. The number of alkyl halides is 3. The zero-order valence-corrected chi connectivity index (χ0v) is 15.6. The highest BCUT2D eigenvalue weighted by atomic mass is 35.5. The molecule has 0 amide bonds. The first-order valence-corrected chi connectivity index (χ1v) is 9.02. The van der Waals surface area contributed by atoms with Crippen LogP contribution < -0.4 is 0 Å². The van der Waals surface area contributed by atoms with Crippen LogP contribution in [-0.2, 0) is 6.18 Å². The minimum atomic E-state index is -4.60. The summed E-state index contributed by atoms with van der Waals surface area (Å²) in [6.07, 6.45) is -3.07. The Bertz CT molecular complexity index is 1140. The first kappa shape index (κ1) is 19.1. The Morgan fingerprint density at radius 2 is 1.38 bits per heavy atom. The number of rotatable bonds is 3. The van der Waals surface area contributed by atoms with Gasteiger partial charge in [0.15, 0.2) is 5.82 Å². The highest BCUT2D eigenvalue weighted by Crippen LogP contribution is 2.33. The third kappa shape index (κ3) is 4.27. The Labute approximate surface area is 169 Å². The lowest BCUT2D eigenvalue weighted by molar-refractivity contribution is -0.141. The minimum Gasteiger partial charge on any atom is -0.256 e. The maximum Gasteiger partial charge on any atom is 0.433 e. The predicted octanol–water partition coefficient (Wildman–Crippen LogP) is 6.54. The fourth-order valence-electron chi connectivity index (χ4n) is 2.83. The molecular formula is C22H13ClF3N3. The molecule has 0 unspecified atom stereocenters. The van der Waals surface area contributed by atoms with Crippen molar-refractivity contribution in [3.63, 3.8) is 0 Å². The second-order valence-electron chi connectivity index (χ2n) is 6.26. The smallest absolute Gasteiger partial charge is 0.256 e. The molecule has 4 aromatic rings. The summed E-state index contributed by atoms with van der Waals surface area (Å²) >= 11 is 5.89. The van der Waals surface area contributed by atoms with Gasteiger partial charge in [0.2, 0.25) is 0 Å². The van der Waals surface area contributed by atoms with Crippen molar-refractivity contribution in [1.82, 2.24) is 15.0 Å². The van der Waals surface area contributed by atoms with Gasteiger partial charge < -0.3 is 0 Å². The average molecular weight is 412 g/mol. The fourth-order valence-corrected chi connectivity index (χ4v) is 2.95. The summed E-state index contributed by atoms with van der Waals surface area (Å²) in [5.74, 6) is -0.0237. The molecule has 0 aliphatic rings. The van der Waals surface area contributed by atoms with Gasteiger partial charge in [0, 0.05) is 27.9 Å². The predicted molar refractivity (Wildman–Crippen MR) is 106 cm³/mol. The second kappa shape index (κ2) is 7.64. The van der Waals surface area contributed by atoms with Crippen LogP contribution in [-0.4, -0.2) is 15.0 Å². The molecule has 0 saturated heterocycles. The van der Waals surface area contributed by atoms with Crippen molar-refractivity contribution >= 4 is 11.6 Å². The zero-order valence-electron chi connectivity index (χ0n) is 14.9. The van der Waals surface area contributed by atoms with Gasteiger partial charge in [0.1, 0.15) is 5.69 Å². The third-order valence-corrected chi connectivity index (χ3v) is 4.50. The van der Waals surface area contributed by atoms with E-state index in [2.05, 4.69) is 15.0 Å². The van der Waals surface area contributed by atoms with Gasteiger partial charge in [0.25, 0.3) is 0 Å². The van der Waals surface area contributed by atoms with Gasteiger partial charge in [-0.1, -0.05) is 54.1 Å². The molecule has 144 valence electrons. The summed E-state index contributed by atoms with van der Waals surface area (Å²) in [5.41, 5.74) is 1.58. The molecule has 2 aromatic heterocycles. The molecule has 7 heteroatoms. The molecule has 0 aliphatic heterocycles. The Kier molecular flexibility index (Phi) is 5.03. The number of aromatic nitrogens is 3. The van der Waals surface area contributed by atoms with Crippen molar-refractivity contribution in [2.45, 2.75) is 6.18 Å². The zero-order chi connectivity index (χ0) is 20.4. The van der Waals surface area contributed by atoms with E-state index in [9.17, 15) is 13.2 Å². The van der Waals surface area contributed by atoms with Crippen molar-refractivity contribution in [2.24, 2.45) is 0 Å². The van der Waals surface area contributed by atoms with Crippen molar-refractivity contribution in [2.75, 3.05) is 0 Å². The maximum atomic E-state index is 13.5. The molecule has 0 aliphatic carbocycles. The molecule has 0 spiro atoms. The standard InChI is InChI=1S/C22H13ClF3N3/c23-17-8-6-15(7-9-17)19-13-20(22(24,25)26)29-21(28-19)16-10-11-27-18(12-16)14-4-2-1-3-5-14/h1-13H. The van der Waals surface area contributed by atoms with E-state index in [1.807, 2.05) is 30.3 Å². The molecule has 4 rings (SSSR count). The van der Waals surface area contributed by atoms with E-state index in [0.29, 0.717) is 21.8 Å². The SMILES string of the molecule is FC(F)(F)c1cc(-c2ccc(Cl)cc2)nc(-c2ccnc(-c3ccccc3)c2)n1. The van der Waals surface area contributed by atoms with Gasteiger partial charge in [0.05, 0.1) is 11.4 Å². The second-order valence-corrected chi connectivity index (χ2v) is 6.70. The first-order valence-electron chi connectivity index (χ1n) is 8.64. The van der Waals surface area contributed by atoms with E-state index in [-0.39, 0.29) is 11.5 Å². The van der Waals surface area contributed by atoms with Crippen LogP contribution in [0, 0.1) is 0 Å². The first-order chi connectivity index (χ1) is 13.9. The number of nitrogens with zero attached hydrogens (tertiary/aromatic N) is 3. The van der Waals surface area contributed by atoms with Crippen molar-refractivity contribution in [3.05, 3.63) is 89.7 Å². The van der Waals surface area contributed by atoms with E-state index in [0.717, 1.165) is 11.6 Å². The van der Waals surface area contributed by atoms with Crippen LogP contribution in [0.15, 0.2) is 79.0 Å². The van der Waals surface area contributed by atoms with Crippen LogP contribution in [0.1, 0.15) is 5.69 Å². The van der Waals surface area contributed by atoms with E-state index in [4.69, 9.17) is 11.6 Å². The van der Waals surface area contributed by atoms with E-state index in [1.165, 1.54) is 6.20 Å². The van der Waals surface area contributed by atoms with Gasteiger partial charge in [-0.3, -0.25) is 4.98 Å². The topological polar surface area (TPSA) is 38.7 Å². The lowest BCUT2D eigenvalue weighted by Gasteiger charge is -2.11. The number of hydrogen-bond acceptors (Lipinski definition) is 3. The van der Waals surface area contributed by atoms with Crippen LogP contribution in [0.3, 0.4) is 0 Å². The summed E-state index contributed by atoms with van der Waals surface area (Å²) in [6, 6.07) is 20.0. The summed E-state index contributed by atoms with van der Waals surface area (Å²) in [4.78, 5) is 12.4. The number of hydrogen-bond donors (Lipinski definition) is 0.